The van der Waals surface area contributed by atoms with Gasteiger partial charge in [0.25, 0.3) is 5.91 Å². The van der Waals surface area contributed by atoms with E-state index < -0.39 is 0 Å². The summed E-state index contributed by atoms with van der Waals surface area (Å²) in [5, 5.41) is 7.98. The smallest absolute Gasteiger partial charge is 0.251 e. The molecule has 1 heterocycles. The maximum atomic E-state index is 12.1. The van der Waals surface area contributed by atoms with Gasteiger partial charge in [0.05, 0.1) is 15.7 Å². The molecular formula is C14H15Cl2N3O. The lowest BCUT2D eigenvalue weighted by Crippen LogP contribution is -2.23. The monoisotopic (exact) mass is 311 g/mol. The van der Waals surface area contributed by atoms with Crippen LogP contribution in [0.15, 0.2) is 18.2 Å². The van der Waals surface area contributed by atoms with Gasteiger partial charge in [0.1, 0.15) is 0 Å². The summed E-state index contributed by atoms with van der Waals surface area (Å²) in [5.74, 6) is -0.189. The lowest BCUT2D eigenvalue weighted by molar-refractivity contribution is 0.0951. The number of benzene rings is 1. The summed E-state index contributed by atoms with van der Waals surface area (Å²) < 4.78 is 1.80. The van der Waals surface area contributed by atoms with E-state index >= 15 is 0 Å². The first-order chi connectivity index (χ1) is 9.40. The van der Waals surface area contributed by atoms with Gasteiger partial charge in [0.2, 0.25) is 0 Å². The number of hydrogen-bond acceptors (Lipinski definition) is 2. The van der Waals surface area contributed by atoms with Crippen LogP contribution in [-0.4, -0.2) is 15.7 Å². The molecule has 0 aliphatic carbocycles. The van der Waals surface area contributed by atoms with Crippen molar-refractivity contribution in [1.82, 2.24) is 15.1 Å². The normalized spacial score (nSPS) is 10.7. The Morgan fingerprint density at radius 1 is 1.30 bits per heavy atom. The van der Waals surface area contributed by atoms with Crippen molar-refractivity contribution in [3.05, 3.63) is 50.8 Å². The van der Waals surface area contributed by atoms with Gasteiger partial charge in [-0.3, -0.25) is 9.48 Å². The fourth-order valence-electron chi connectivity index (χ4n) is 1.98. The van der Waals surface area contributed by atoms with Gasteiger partial charge in [-0.05, 0) is 32.0 Å². The highest BCUT2D eigenvalue weighted by Crippen LogP contribution is 2.22. The van der Waals surface area contributed by atoms with Gasteiger partial charge in [-0.2, -0.15) is 5.10 Å². The topological polar surface area (TPSA) is 46.9 Å². The maximum absolute atomic E-state index is 12.1. The zero-order valence-corrected chi connectivity index (χ0v) is 13.0. The number of carbonyl (C=O) groups is 1. The Morgan fingerprint density at radius 2 is 2.00 bits per heavy atom. The summed E-state index contributed by atoms with van der Waals surface area (Å²) in [4.78, 5) is 12.1. The summed E-state index contributed by atoms with van der Waals surface area (Å²) in [6.07, 6.45) is 0. The van der Waals surface area contributed by atoms with Gasteiger partial charge in [-0.1, -0.05) is 23.2 Å². The van der Waals surface area contributed by atoms with Crippen LogP contribution in [-0.2, 0) is 13.6 Å². The van der Waals surface area contributed by atoms with Crippen LogP contribution in [0.5, 0.6) is 0 Å². The van der Waals surface area contributed by atoms with E-state index in [1.807, 2.05) is 20.9 Å². The van der Waals surface area contributed by atoms with Crippen LogP contribution in [0, 0.1) is 13.8 Å². The van der Waals surface area contributed by atoms with Crippen molar-refractivity contribution < 1.29 is 4.79 Å². The fourth-order valence-corrected chi connectivity index (χ4v) is 2.28. The first kappa shape index (κ1) is 14.9. The van der Waals surface area contributed by atoms with E-state index in [4.69, 9.17) is 23.2 Å². The highest BCUT2D eigenvalue weighted by Gasteiger charge is 2.12. The minimum absolute atomic E-state index is 0.189. The molecule has 0 fully saturated rings. The second-order valence-electron chi connectivity index (χ2n) is 4.58. The molecule has 0 atom stereocenters. The summed E-state index contributed by atoms with van der Waals surface area (Å²) in [6.45, 7) is 4.33. The summed E-state index contributed by atoms with van der Waals surface area (Å²) in [7, 11) is 1.88. The number of rotatable bonds is 3. The molecule has 0 unspecified atom stereocenters. The molecule has 106 valence electrons. The number of carbonyl (C=O) groups excluding carboxylic acids is 1. The first-order valence-corrected chi connectivity index (χ1v) is 6.88. The molecule has 1 N–H and O–H groups in total. The van der Waals surface area contributed by atoms with E-state index in [-0.39, 0.29) is 5.91 Å². The molecule has 1 amide bonds. The number of amides is 1. The van der Waals surface area contributed by atoms with Gasteiger partial charge in [-0.15, -0.1) is 0 Å². The Hall–Kier alpha value is -1.52. The molecule has 0 saturated carbocycles. The van der Waals surface area contributed by atoms with Crippen LogP contribution in [0.3, 0.4) is 0 Å². The van der Waals surface area contributed by atoms with Gasteiger partial charge in [-0.25, -0.2) is 0 Å². The van der Waals surface area contributed by atoms with Crippen molar-refractivity contribution in [3.8, 4) is 0 Å². The predicted molar refractivity (Wildman–Crippen MR) is 80.3 cm³/mol. The maximum Gasteiger partial charge on any atom is 0.251 e. The molecule has 4 nitrogen and oxygen atoms in total. The van der Waals surface area contributed by atoms with E-state index in [1.165, 1.54) is 0 Å². The van der Waals surface area contributed by atoms with Gasteiger partial charge < -0.3 is 5.32 Å². The number of nitrogens with one attached hydrogen (secondary N) is 1. The van der Waals surface area contributed by atoms with Crippen LogP contribution >= 0.6 is 23.2 Å². The van der Waals surface area contributed by atoms with Crippen molar-refractivity contribution in [2.75, 3.05) is 0 Å². The second kappa shape index (κ2) is 5.85. The van der Waals surface area contributed by atoms with E-state index in [9.17, 15) is 4.79 Å². The summed E-state index contributed by atoms with van der Waals surface area (Å²) in [5.41, 5.74) is 3.47. The third-order valence-electron chi connectivity index (χ3n) is 3.27. The first-order valence-electron chi connectivity index (χ1n) is 6.12. The van der Waals surface area contributed by atoms with Gasteiger partial charge in [0, 0.05) is 30.4 Å². The molecule has 0 radical (unpaired) electrons. The Morgan fingerprint density at radius 3 is 2.55 bits per heavy atom. The van der Waals surface area contributed by atoms with Crippen LogP contribution in [0.25, 0.3) is 0 Å². The molecule has 2 aromatic rings. The Bertz CT molecular complexity index is 665. The highest BCUT2D eigenvalue weighted by atomic mass is 35.5. The van der Waals surface area contributed by atoms with Crippen molar-refractivity contribution in [1.29, 1.82) is 0 Å². The quantitative estimate of drug-likeness (QED) is 0.945. The Labute approximate surface area is 127 Å². The molecule has 0 spiro atoms. The zero-order chi connectivity index (χ0) is 14.9. The average molecular weight is 312 g/mol. The third kappa shape index (κ3) is 2.97. The molecule has 1 aromatic heterocycles. The van der Waals surface area contributed by atoms with Crippen molar-refractivity contribution in [3.63, 3.8) is 0 Å². The van der Waals surface area contributed by atoms with Gasteiger partial charge >= 0.3 is 0 Å². The van der Waals surface area contributed by atoms with Crippen molar-refractivity contribution in [2.24, 2.45) is 7.05 Å². The minimum atomic E-state index is -0.189. The van der Waals surface area contributed by atoms with Crippen LogP contribution < -0.4 is 5.32 Å². The molecule has 1 aromatic carbocycles. The van der Waals surface area contributed by atoms with Crippen LogP contribution in [0.2, 0.25) is 10.0 Å². The van der Waals surface area contributed by atoms with E-state index in [0.717, 1.165) is 17.0 Å². The molecule has 0 bridgehead atoms. The van der Waals surface area contributed by atoms with E-state index in [1.54, 1.807) is 22.9 Å². The molecule has 20 heavy (non-hydrogen) atoms. The Balaban J connectivity index is 2.10. The molecule has 0 aliphatic heterocycles. The minimum Gasteiger partial charge on any atom is -0.348 e. The van der Waals surface area contributed by atoms with Crippen molar-refractivity contribution >= 4 is 29.1 Å². The average Bonchev–Trinajstić information content (AvgIpc) is 2.64. The largest absolute Gasteiger partial charge is 0.348 e. The number of hydrogen-bond donors (Lipinski definition) is 1. The lowest BCUT2D eigenvalue weighted by atomic mass is 10.1. The lowest BCUT2D eigenvalue weighted by Gasteiger charge is -2.07. The Kier molecular flexibility index (Phi) is 4.35. The number of aryl methyl sites for hydroxylation is 2. The predicted octanol–water partition coefficient (Wildman–Crippen LogP) is 3.27. The van der Waals surface area contributed by atoms with E-state index in [2.05, 4.69) is 10.4 Å². The molecule has 0 aliphatic rings. The van der Waals surface area contributed by atoms with E-state index in [0.29, 0.717) is 22.2 Å². The molecule has 0 saturated heterocycles. The zero-order valence-electron chi connectivity index (χ0n) is 11.5. The number of aromatic nitrogens is 2. The summed E-state index contributed by atoms with van der Waals surface area (Å²) >= 11 is 11.7. The molecule has 2 rings (SSSR count). The third-order valence-corrected chi connectivity index (χ3v) is 4.01. The van der Waals surface area contributed by atoms with Gasteiger partial charge in [0.15, 0.2) is 0 Å². The second-order valence-corrected chi connectivity index (χ2v) is 5.40. The van der Waals surface area contributed by atoms with Crippen LogP contribution in [0.1, 0.15) is 27.3 Å². The van der Waals surface area contributed by atoms with Crippen molar-refractivity contribution in [2.45, 2.75) is 20.4 Å². The molecular weight excluding hydrogens is 297 g/mol. The number of halogens is 2. The standard InChI is InChI=1S/C14H15Cl2N3O/c1-8-11(9(2)19(3)18-8)7-17-14(20)10-4-5-12(15)13(16)6-10/h4-6H,7H2,1-3H3,(H,17,20). The highest BCUT2D eigenvalue weighted by molar-refractivity contribution is 6.42. The number of nitrogens with zero attached hydrogens (tertiary/aromatic N) is 2. The molecule has 6 heteroatoms. The summed E-state index contributed by atoms with van der Waals surface area (Å²) in [6, 6.07) is 4.81. The SMILES string of the molecule is Cc1nn(C)c(C)c1CNC(=O)c1ccc(Cl)c(Cl)c1. The fraction of sp³-hybridized carbons (Fsp3) is 0.286. The van der Waals surface area contributed by atoms with Crippen LogP contribution in [0.4, 0.5) is 0 Å².